The molecule has 1 aromatic rings. The lowest BCUT2D eigenvalue weighted by atomic mass is 9.82. The van der Waals surface area contributed by atoms with Gasteiger partial charge in [0.25, 0.3) is 0 Å². The van der Waals surface area contributed by atoms with E-state index in [4.69, 9.17) is 0 Å². The van der Waals surface area contributed by atoms with Gasteiger partial charge in [0.05, 0.1) is 12.8 Å². The molecule has 1 rings (SSSR count). The Morgan fingerprint density at radius 3 is 2.20 bits per heavy atom. The molecule has 1 N–H and O–H groups in total. The average molecular weight is 373 g/mol. The fourth-order valence-corrected chi connectivity index (χ4v) is 3.78. The lowest BCUT2D eigenvalue weighted by Gasteiger charge is -2.34. The summed E-state index contributed by atoms with van der Waals surface area (Å²) in [5.41, 5.74) is -0.230. The number of sulfonamides is 1. The van der Waals surface area contributed by atoms with Gasteiger partial charge in [-0.05, 0) is 31.7 Å². The molecule has 0 saturated heterocycles. The van der Waals surface area contributed by atoms with Crippen molar-refractivity contribution in [2.24, 2.45) is 5.41 Å². The fourth-order valence-electron chi connectivity index (χ4n) is 3.05. The number of hydrogen-bond donors (Lipinski definition) is 1. The van der Waals surface area contributed by atoms with Crippen LogP contribution in [0.1, 0.15) is 46.6 Å². The molecule has 0 aliphatic rings. The Balaban J connectivity index is 2.86. The Morgan fingerprint density at radius 2 is 1.72 bits per heavy atom. The van der Waals surface area contributed by atoms with Gasteiger partial charge in [0, 0.05) is 17.6 Å². The number of halogens is 1. The van der Waals surface area contributed by atoms with Crippen LogP contribution in [0.2, 0.25) is 0 Å². The van der Waals surface area contributed by atoms with Crippen molar-refractivity contribution in [1.82, 2.24) is 9.62 Å². The van der Waals surface area contributed by atoms with Crippen LogP contribution in [-0.2, 0) is 21.4 Å². The highest BCUT2D eigenvalue weighted by Crippen LogP contribution is 2.26. The van der Waals surface area contributed by atoms with Gasteiger partial charge in [0.15, 0.2) is 0 Å². The minimum Gasteiger partial charge on any atom is -0.350 e. The first-order valence-electron chi connectivity index (χ1n) is 8.19. The SMILES string of the molecule is CC(C)(C)CC(C)(C)NC(=O)CN(Cc1ccccc1F)S(C)(=O)=O. The average Bonchev–Trinajstić information content (AvgIpc) is 2.35. The minimum atomic E-state index is -3.66. The molecule has 0 unspecified atom stereocenters. The second-order valence-electron chi connectivity index (χ2n) is 8.29. The van der Waals surface area contributed by atoms with Crippen molar-refractivity contribution in [3.8, 4) is 0 Å². The van der Waals surface area contributed by atoms with Gasteiger partial charge < -0.3 is 5.32 Å². The molecule has 0 fully saturated rings. The predicted octanol–water partition coefficient (Wildman–Crippen LogP) is 2.92. The molecule has 1 aromatic carbocycles. The molecule has 25 heavy (non-hydrogen) atoms. The molecular formula is C18H29FN2O3S. The van der Waals surface area contributed by atoms with Crippen molar-refractivity contribution in [2.75, 3.05) is 12.8 Å². The zero-order valence-electron chi connectivity index (χ0n) is 15.9. The third kappa shape index (κ3) is 7.96. The first-order chi connectivity index (χ1) is 11.2. The number of carbonyl (C=O) groups is 1. The molecule has 0 aliphatic carbocycles. The molecule has 0 saturated carbocycles. The molecule has 0 aliphatic heterocycles. The molecule has 7 heteroatoms. The molecule has 142 valence electrons. The third-order valence-electron chi connectivity index (χ3n) is 3.54. The van der Waals surface area contributed by atoms with Crippen LogP contribution in [0.5, 0.6) is 0 Å². The quantitative estimate of drug-likeness (QED) is 0.800. The van der Waals surface area contributed by atoms with Crippen LogP contribution >= 0.6 is 0 Å². The van der Waals surface area contributed by atoms with Gasteiger partial charge in [-0.25, -0.2) is 12.8 Å². The standard InChI is InChI=1S/C18H29FN2O3S/c1-17(2,3)13-18(4,5)20-16(22)12-21(25(6,23)24)11-14-9-7-8-10-15(14)19/h7-10H,11-13H2,1-6H3,(H,20,22). The van der Waals surface area contributed by atoms with Crippen LogP contribution in [0.25, 0.3) is 0 Å². The van der Waals surface area contributed by atoms with Gasteiger partial charge in [0.1, 0.15) is 5.82 Å². The summed E-state index contributed by atoms with van der Waals surface area (Å²) in [7, 11) is -3.66. The number of amides is 1. The highest BCUT2D eigenvalue weighted by molar-refractivity contribution is 7.88. The summed E-state index contributed by atoms with van der Waals surface area (Å²) in [6, 6.07) is 5.94. The van der Waals surface area contributed by atoms with Crippen molar-refractivity contribution >= 4 is 15.9 Å². The van der Waals surface area contributed by atoms with Crippen LogP contribution in [0.15, 0.2) is 24.3 Å². The highest BCUT2D eigenvalue weighted by Gasteiger charge is 2.29. The Bertz CT molecular complexity index is 709. The first kappa shape index (κ1) is 21.6. The van der Waals surface area contributed by atoms with E-state index in [2.05, 4.69) is 26.1 Å². The highest BCUT2D eigenvalue weighted by atomic mass is 32.2. The van der Waals surface area contributed by atoms with E-state index in [1.165, 1.54) is 18.2 Å². The van der Waals surface area contributed by atoms with Crippen LogP contribution in [-0.4, -0.2) is 37.0 Å². The Kier molecular flexibility index (Phi) is 6.75. The number of hydrogen-bond acceptors (Lipinski definition) is 3. The topological polar surface area (TPSA) is 66.5 Å². The number of nitrogens with zero attached hydrogens (tertiary/aromatic N) is 1. The second-order valence-corrected chi connectivity index (χ2v) is 10.3. The summed E-state index contributed by atoms with van der Waals surface area (Å²) in [6.45, 7) is 9.49. The maximum Gasteiger partial charge on any atom is 0.235 e. The fraction of sp³-hybridized carbons (Fsp3) is 0.611. The Morgan fingerprint density at radius 1 is 1.16 bits per heavy atom. The summed E-state index contributed by atoms with van der Waals surface area (Å²) in [4.78, 5) is 12.4. The summed E-state index contributed by atoms with van der Waals surface area (Å²) < 4.78 is 38.8. The van der Waals surface area contributed by atoms with E-state index in [1.807, 2.05) is 13.8 Å². The van der Waals surface area contributed by atoms with Crippen molar-refractivity contribution in [3.63, 3.8) is 0 Å². The summed E-state index contributed by atoms with van der Waals surface area (Å²) >= 11 is 0. The van der Waals surface area contributed by atoms with Gasteiger partial charge in [-0.15, -0.1) is 0 Å². The molecule has 5 nitrogen and oxygen atoms in total. The van der Waals surface area contributed by atoms with Gasteiger partial charge in [0.2, 0.25) is 15.9 Å². The van der Waals surface area contributed by atoms with Crippen LogP contribution in [0.3, 0.4) is 0 Å². The predicted molar refractivity (Wildman–Crippen MR) is 97.9 cm³/mol. The second kappa shape index (κ2) is 7.83. The van der Waals surface area contributed by atoms with Crippen molar-refractivity contribution < 1.29 is 17.6 Å². The van der Waals surface area contributed by atoms with Crippen LogP contribution in [0.4, 0.5) is 4.39 Å². The normalized spacial score (nSPS) is 13.1. The number of nitrogens with one attached hydrogen (secondary N) is 1. The largest absolute Gasteiger partial charge is 0.350 e. The lowest BCUT2D eigenvalue weighted by molar-refractivity contribution is -0.123. The molecule has 0 bridgehead atoms. The molecule has 0 radical (unpaired) electrons. The van der Waals surface area contributed by atoms with E-state index in [0.29, 0.717) is 0 Å². The maximum atomic E-state index is 13.8. The third-order valence-corrected chi connectivity index (χ3v) is 4.74. The van der Waals surface area contributed by atoms with Gasteiger partial charge >= 0.3 is 0 Å². The molecule has 0 atom stereocenters. The molecule has 0 spiro atoms. The molecule has 1 amide bonds. The monoisotopic (exact) mass is 372 g/mol. The van der Waals surface area contributed by atoms with E-state index in [9.17, 15) is 17.6 Å². The van der Waals surface area contributed by atoms with E-state index >= 15 is 0 Å². The molecule has 0 heterocycles. The van der Waals surface area contributed by atoms with Gasteiger partial charge in [-0.2, -0.15) is 4.31 Å². The minimum absolute atomic E-state index is 0.0144. The smallest absolute Gasteiger partial charge is 0.235 e. The Hall–Kier alpha value is -1.47. The Labute approximate surface area is 150 Å². The van der Waals surface area contributed by atoms with Gasteiger partial charge in [-0.3, -0.25) is 4.79 Å². The molecule has 0 aromatic heterocycles. The number of rotatable bonds is 7. The first-order valence-corrected chi connectivity index (χ1v) is 10.0. The zero-order chi connectivity index (χ0) is 19.5. The van der Waals surface area contributed by atoms with Crippen molar-refractivity contribution in [1.29, 1.82) is 0 Å². The van der Waals surface area contributed by atoms with Crippen LogP contribution < -0.4 is 5.32 Å². The van der Waals surface area contributed by atoms with Crippen molar-refractivity contribution in [2.45, 2.75) is 53.1 Å². The van der Waals surface area contributed by atoms with Crippen molar-refractivity contribution in [3.05, 3.63) is 35.6 Å². The molecular weight excluding hydrogens is 343 g/mol. The number of benzene rings is 1. The lowest BCUT2D eigenvalue weighted by Crippen LogP contribution is -2.50. The van der Waals surface area contributed by atoms with Gasteiger partial charge in [-0.1, -0.05) is 39.0 Å². The van der Waals surface area contributed by atoms with E-state index in [1.54, 1.807) is 6.07 Å². The summed E-state index contributed by atoms with van der Waals surface area (Å²) in [6.07, 6.45) is 1.75. The maximum absolute atomic E-state index is 13.8. The van der Waals surface area contributed by atoms with E-state index < -0.39 is 27.3 Å². The summed E-state index contributed by atoms with van der Waals surface area (Å²) in [5, 5.41) is 2.88. The number of carbonyl (C=O) groups excluding carboxylic acids is 1. The van der Waals surface area contributed by atoms with E-state index in [-0.39, 0.29) is 24.1 Å². The zero-order valence-corrected chi connectivity index (χ0v) is 16.7. The van der Waals surface area contributed by atoms with Crippen LogP contribution in [0, 0.1) is 11.2 Å². The van der Waals surface area contributed by atoms with E-state index in [0.717, 1.165) is 17.0 Å². The summed E-state index contributed by atoms with van der Waals surface area (Å²) in [5.74, 6) is -0.902.